The van der Waals surface area contributed by atoms with Crippen molar-refractivity contribution < 1.29 is 13.2 Å². The van der Waals surface area contributed by atoms with Crippen molar-refractivity contribution >= 4 is 15.8 Å². The minimum Gasteiger partial charge on any atom is -0.497 e. The maximum Gasteiger partial charge on any atom is 0.244 e. The van der Waals surface area contributed by atoms with Crippen LogP contribution in [0.15, 0.2) is 47.5 Å². The topological polar surface area (TPSA) is 71.5 Å². The van der Waals surface area contributed by atoms with Crippen molar-refractivity contribution in [3.63, 3.8) is 0 Å². The van der Waals surface area contributed by atoms with Crippen molar-refractivity contribution in [2.24, 2.45) is 5.92 Å². The van der Waals surface area contributed by atoms with E-state index in [2.05, 4.69) is 24.1 Å². The van der Waals surface area contributed by atoms with E-state index in [-0.39, 0.29) is 10.9 Å². The molecule has 0 saturated carbocycles. The first-order valence-corrected chi connectivity index (χ1v) is 10.7. The van der Waals surface area contributed by atoms with Gasteiger partial charge in [0.1, 0.15) is 16.5 Å². The molecule has 1 unspecified atom stereocenters. The first-order chi connectivity index (χ1) is 12.9. The molecular formula is C20H27N3O3S. The van der Waals surface area contributed by atoms with Crippen molar-refractivity contribution in [1.82, 2.24) is 9.29 Å². The second kappa shape index (κ2) is 8.27. The number of ether oxygens (including phenoxy) is 1. The van der Waals surface area contributed by atoms with Crippen LogP contribution in [0.1, 0.15) is 38.3 Å². The molecule has 7 heteroatoms. The largest absolute Gasteiger partial charge is 0.497 e. The standard InChI is InChI=1S/C20H27N3O3S/c1-15(2)20(16-6-8-17(26-3)9-7-16)22-19-11-10-18(14-21-19)27(24,25)23-12-4-5-13-23/h6-11,14-15,20H,4-5,12-13H2,1-3H3,(H,21,22). The lowest BCUT2D eigenvalue weighted by atomic mass is 9.96. The van der Waals surface area contributed by atoms with E-state index in [4.69, 9.17) is 4.74 Å². The molecule has 146 valence electrons. The summed E-state index contributed by atoms with van der Waals surface area (Å²) < 4.78 is 32.0. The Bertz CT molecular complexity index is 843. The molecule has 0 amide bonds. The number of hydrogen-bond donors (Lipinski definition) is 1. The molecule has 3 rings (SSSR count). The highest BCUT2D eigenvalue weighted by molar-refractivity contribution is 7.89. The summed E-state index contributed by atoms with van der Waals surface area (Å²) in [5.74, 6) is 1.80. The third kappa shape index (κ3) is 4.42. The number of anilines is 1. The van der Waals surface area contributed by atoms with Crippen LogP contribution in [-0.2, 0) is 10.0 Å². The monoisotopic (exact) mass is 389 g/mol. The van der Waals surface area contributed by atoms with E-state index in [0.29, 0.717) is 24.8 Å². The van der Waals surface area contributed by atoms with Crippen molar-refractivity contribution in [2.45, 2.75) is 37.6 Å². The summed E-state index contributed by atoms with van der Waals surface area (Å²) in [6.07, 6.45) is 3.29. The number of rotatable bonds is 7. The van der Waals surface area contributed by atoms with E-state index >= 15 is 0 Å². The zero-order valence-corrected chi connectivity index (χ0v) is 16.9. The van der Waals surface area contributed by atoms with Gasteiger partial charge in [0.2, 0.25) is 10.0 Å². The van der Waals surface area contributed by atoms with Gasteiger partial charge in [-0.3, -0.25) is 0 Å². The molecular weight excluding hydrogens is 362 g/mol. The predicted molar refractivity (Wildman–Crippen MR) is 106 cm³/mol. The molecule has 0 radical (unpaired) electrons. The fraction of sp³-hybridized carbons (Fsp3) is 0.450. The summed E-state index contributed by atoms with van der Waals surface area (Å²) in [4.78, 5) is 4.61. The van der Waals surface area contributed by atoms with Crippen LogP contribution in [0.2, 0.25) is 0 Å². The summed E-state index contributed by atoms with van der Waals surface area (Å²) in [5, 5.41) is 3.42. The Labute approximate surface area is 161 Å². The van der Waals surface area contributed by atoms with Crippen molar-refractivity contribution in [2.75, 3.05) is 25.5 Å². The Morgan fingerprint density at radius 1 is 1.07 bits per heavy atom. The minimum atomic E-state index is -3.43. The summed E-state index contributed by atoms with van der Waals surface area (Å²) in [7, 11) is -1.78. The highest BCUT2D eigenvalue weighted by atomic mass is 32.2. The smallest absolute Gasteiger partial charge is 0.244 e. The van der Waals surface area contributed by atoms with Gasteiger partial charge in [-0.25, -0.2) is 13.4 Å². The van der Waals surface area contributed by atoms with Gasteiger partial charge in [-0.05, 0) is 48.6 Å². The van der Waals surface area contributed by atoms with Crippen LogP contribution in [0.5, 0.6) is 5.75 Å². The average Bonchev–Trinajstić information content (AvgIpc) is 3.22. The van der Waals surface area contributed by atoms with Gasteiger partial charge in [0.25, 0.3) is 0 Å². The highest BCUT2D eigenvalue weighted by Crippen LogP contribution is 2.28. The van der Waals surface area contributed by atoms with E-state index in [1.165, 1.54) is 10.5 Å². The van der Waals surface area contributed by atoms with Crippen LogP contribution < -0.4 is 10.1 Å². The Morgan fingerprint density at radius 2 is 1.74 bits per heavy atom. The van der Waals surface area contributed by atoms with Crippen LogP contribution >= 0.6 is 0 Å². The lowest BCUT2D eigenvalue weighted by Crippen LogP contribution is -2.28. The minimum absolute atomic E-state index is 0.0597. The van der Waals surface area contributed by atoms with Gasteiger partial charge in [0, 0.05) is 19.3 Å². The van der Waals surface area contributed by atoms with E-state index < -0.39 is 10.0 Å². The number of sulfonamides is 1. The van der Waals surface area contributed by atoms with Crippen LogP contribution in [0.4, 0.5) is 5.82 Å². The second-order valence-electron chi connectivity index (χ2n) is 7.13. The molecule has 1 saturated heterocycles. The molecule has 0 spiro atoms. The zero-order chi connectivity index (χ0) is 19.4. The van der Waals surface area contributed by atoms with Gasteiger partial charge in [0.05, 0.1) is 13.2 Å². The van der Waals surface area contributed by atoms with Crippen molar-refractivity contribution in [3.8, 4) is 5.75 Å². The molecule has 1 aromatic carbocycles. The second-order valence-corrected chi connectivity index (χ2v) is 9.07. The third-order valence-electron chi connectivity index (χ3n) is 4.88. The van der Waals surface area contributed by atoms with Gasteiger partial charge in [-0.1, -0.05) is 26.0 Å². The molecule has 2 heterocycles. The summed E-state index contributed by atoms with van der Waals surface area (Å²) >= 11 is 0. The molecule has 27 heavy (non-hydrogen) atoms. The maximum absolute atomic E-state index is 12.6. The van der Waals surface area contributed by atoms with Gasteiger partial charge in [-0.15, -0.1) is 0 Å². The number of hydrogen-bond acceptors (Lipinski definition) is 5. The molecule has 0 bridgehead atoms. The normalized spacial score (nSPS) is 16.4. The van der Waals surface area contributed by atoms with Gasteiger partial charge in [-0.2, -0.15) is 4.31 Å². The molecule has 1 aliphatic rings. The van der Waals surface area contributed by atoms with Gasteiger partial charge in [0.15, 0.2) is 0 Å². The van der Waals surface area contributed by atoms with E-state index in [9.17, 15) is 8.42 Å². The molecule has 6 nitrogen and oxygen atoms in total. The fourth-order valence-corrected chi connectivity index (χ4v) is 4.76. The number of nitrogens with one attached hydrogen (secondary N) is 1. The SMILES string of the molecule is COc1ccc(C(Nc2ccc(S(=O)(=O)N3CCCC3)cn2)C(C)C)cc1. The quantitative estimate of drug-likeness (QED) is 0.782. The lowest BCUT2D eigenvalue weighted by molar-refractivity contribution is 0.414. The first kappa shape index (κ1) is 19.6. The molecule has 1 aromatic heterocycles. The van der Waals surface area contributed by atoms with Crippen molar-refractivity contribution in [3.05, 3.63) is 48.2 Å². The van der Waals surface area contributed by atoms with Crippen LogP contribution in [0.25, 0.3) is 0 Å². The zero-order valence-electron chi connectivity index (χ0n) is 16.1. The van der Waals surface area contributed by atoms with Gasteiger partial charge < -0.3 is 10.1 Å². The molecule has 1 N–H and O–H groups in total. The molecule has 1 fully saturated rings. The maximum atomic E-state index is 12.6. The van der Waals surface area contributed by atoms with Crippen LogP contribution in [0, 0.1) is 5.92 Å². The molecule has 0 aliphatic carbocycles. The van der Waals surface area contributed by atoms with Crippen LogP contribution in [-0.4, -0.2) is 37.9 Å². The first-order valence-electron chi connectivity index (χ1n) is 9.28. The number of benzene rings is 1. The predicted octanol–water partition coefficient (Wildman–Crippen LogP) is 3.68. The highest BCUT2D eigenvalue weighted by Gasteiger charge is 2.27. The third-order valence-corrected chi connectivity index (χ3v) is 6.77. The number of pyridine rings is 1. The lowest BCUT2D eigenvalue weighted by Gasteiger charge is -2.24. The van der Waals surface area contributed by atoms with Gasteiger partial charge >= 0.3 is 0 Å². The van der Waals surface area contributed by atoms with Crippen molar-refractivity contribution in [1.29, 1.82) is 0 Å². The Hall–Kier alpha value is -2.12. The van der Waals surface area contributed by atoms with Crippen LogP contribution in [0.3, 0.4) is 0 Å². The summed E-state index contributed by atoms with van der Waals surface area (Å²) in [5.41, 5.74) is 1.13. The number of aromatic nitrogens is 1. The summed E-state index contributed by atoms with van der Waals surface area (Å²) in [6, 6.07) is 11.4. The molecule has 1 aliphatic heterocycles. The number of methoxy groups -OCH3 is 1. The molecule has 1 atom stereocenters. The van der Waals surface area contributed by atoms with E-state index in [0.717, 1.165) is 24.2 Å². The average molecular weight is 390 g/mol. The Morgan fingerprint density at radius 3 is 2.26 bits per heavy atom. The molecule has 2 aromatic rings. The van der Waals surface area contributed by atoms with E-state index in [1.54, 1.807) is 19.2 Å². The summed E-state index contributed by atoms with van der Waals surface area (Å²) in [6.45, 7) is 5.45. The Kier molecular flexibility index (Phi) is 6.01. The number of nitrogens with zero attached hydrogens (tertiary/aromatic N) is 2. The fourth-order valence-electron chi connectivity index (χ4n) is 3.30. The Balaban J connectivity index is 1.77. The van der Waals surface area contributed by atoms with E-state index in [1.807, 2.05) is 24.3 Å².